The monoisotopic (exact) mass is 490 g/mol. The van der Waals surface area contributed by atoms with Crippen LogP contribution in [0.5, 0.6) is 0 Å². The van der Waals surface area contributed by atoms with Gasteiger partial charge in [0.2, 0.25) is 16.0 Å². The van der Waals surface area contributed by atoms with Crippen LogP contribution >= 0.6 is 0 Å². The maximum atomic E-state index is 12.6. The molecule has 3 aromatic rings. The number of rotatable bonds is 8. The van der Waals surface area contributed by atoms with Gasteiger partial charge in [-0.3, -0.25) is 4.72 Å². The lowest BCUT2D eigenvalue weighted by molar-refractivity contribution is 0.0600. The fourth-order valence-electron chi connectivity index (χ4n) is 2.94. The zero-order chi connectivity index (χ0) is 24.2. The highest BCUT2D eigenvalue weighted by Gasteiger charge is 2.18. The number of aromatic nitrogens is 2. The van der Waals surface area contributed by atoms with Crippen molar-refractivity contribution in [1.29, 1.82) is 0 Å². The van der Waals surface area contributed by atoms with E-state index in [1.165, 1.54) is 55.6 Å². The molecule has 174 valence electrons. The molecule has 0 aliphatic heterocycles. The molecule has 1 aromatic heterocycles. The Labute approximate surface area is 192 Å². The molecule has 0 bridgehead atoms. The quantitative estimate of drug-likeness (QED) is 0.459. The van der Waals surface area contributed by atoms with Crippen molar-refractivity contribution < 1.29 is 26.4 Å². The molecule has 10 nitrogen and oxygen atoms in total. The Morgan fingerprint density at radius 3 is 2.00 bits per heavy atom. The van der Waals surface area contributed by atoms with Crippen molar-refractivity contribution >= 4 is 37.7 Å². The van der Waals surface area contributed by atoms with E-state index in [1.807, 2.05) is 0 Å². The molecule has 0 saturated heterocycles. The van der Waals surface area contributed by atoms with Crippen molar-refractivity contribution in [2.45, 2.75) is 24.5 Å². The van der Waals surface area contributed by atoms with Crippen LogP contribution < -0.4 is 9.44 Å². The number of anilines is 2. The maximum absolute atomic E-state index is 12.6. The van der Waals surface area contributed by atoms with Crippen LogP contribution in [0.4, 0.5) is 11.6 Å². The van der Waals surface area contributed by atoms with Gasteiger partial charge in [-0.2, -0.15) is 0 Å². The molecule has 2 N–H and O–H groups in total. The van der Waals surface area contributed by atoms with Gasteiger partial charge in [-0.1, -0.05) is 12.1 Å². The molecule has 0 fully saturated rings. The largest absolute Gasteiger partial charge is 0.465 e. The van der Waals surface area contributed by atoms with Crippen molar-refractivity contribution in [3.63, 3.8) is 0 Å². The number of sulfonamides is 2. The van der Waals surface area contributed by atoms with Gasteiger partial charge in [-0.15, -0.1) is 0 Å². The number of benzene rings is 2. The third-order valence-corrected chi connectivity index (χ3v) is 6.98. The van der Waals surface area contributed by atoms with Crippen molar-refractivity contribution in [2.24, 2.45) is 0 Å². The van der Waals surface area contributed by atoms with Gasteiger partial charge in [-0.25, -0.2) is 36.3 Å². The summed E-state index contributed by atoms with van der Waals surface area (Å²) in [5.74, 6) is -0.897. The predicted octanol–water partition coefficient (Wildman–Crippen LogP) is 2.62. The topological polar surface area (TPSA) is 144 Å². The first-order valence-corrected chi connectivity index (χ1v) is 12.7. The predicted molar refractivity (Wildman–Crippen MR) is 123 cm³/mol. The van der Waals surface area contributed by atoms with E-state index in [0.29, 0.717) is 22.5 Å². The Bertz CT molecular complexity index is 1350. The average Bonchev–Trinajstić information content (AvgIpc) is 2.72. The highest BCUT2D eigenvalue weighted by Crippen LogP contribution is 2.19. The number of aryl methyl sites for hydroxylation is 2. The van der Waals surface area contributed by atoms with Crippen LogP contribution in [0.25, 0.3) is 0 Å². The van der Waals surface area contributed by atoms with Crippen molar-refractivity contribution in [2.75, 3.05) is 16.6 Å². The smallest absolute Gasteiger partial charge is 0.337 e. The van der Waals surface area contributed by atoms with Gasteiger partial charge in [-0.05, 0) is 61.9 Å². The summed E-state index contributed by atoms with van der Waals surface area (Å²) in [7, 11) is -6.48. The number of nitrogens with zero attached hydrogens (tertiary/aromatic N) is 2. The Hall–Kier alpha value is -3.51. The van der Waals surface area contributed by atoms with Crippen molar-refractivity contribution in [3.05, 3.63) is 77.1 Å². The number of ether oxygens (including phenoxy) is 1. The molecule has 0 unspecified atom stereocenters. The van der Waals surface area contributed by atoms with E-state index in [-0.39, 0.29) is 22.3 Å². The van der Waals surface area contributed by atoms with E-state index in [0.717, 1.165) is 0 Å². The van der Waals surface area contributed by atoms with Crippen LogP contribution in [0, 0.1) is 13.8 Å². The summed E-state index contributed by atoms with van der Waals surface area (Å²) in [6.45, 7) is 3.45. The van der Waals surface area contributed by atoms with Crippen LogP contribution in [0.3, 0.4) is 0 Å². The summed E-state index contributed by atoms with van der Waals surface area (Å²) in [4.78, 5) is 19.5. The molecule has 12 heteroatoms. The van der Waals surface area contributed by atoms with E-state index >= 15 is 0 Å². The molecule has 3 rings (SSSR count). The van der Waals surface area contributed by atoms with Crippen LogP contribution in [-0.4, -0.2) is 39.9 Å². The molecule has 0 aliphatic rings. The summed E-state index contributed by atoms with van der Waals surface area (Å²) in [6, 6.07) is 12.9. The van der Waals surface area contributed by atoms with E-state index in [9.17, 15) is 21.6 Å². The molecular weight excluding hydrogens is 468 g/mol. The summed E-state index contributed by atoms with van der Waals surface area (Å²) in [5, 5.41) is 0. The molecule has 0 atom stereocenters. The lowest BCUT2D eigenvalue weighted by Crippen LogP contribution is -2.17. The van der Waals surface area contributed by atoms with E-state index in [4.69, 9.17) is 0 Å². The maximum Gasteiger partial charge on any atom is 0.337 e. The lowest BCUT2D eigenvalue weighted by Gasteiger charge is -2.11. The molecule has 0 saturated carbocycles. The first-order chi connectivity index (χ1) is 15.5. The number of hydrogen-bond donors (Lipinski definition) is 2. The highest BCUT2D eigenvalue weighted by molar-refractivity contribution is 7.92. The van der Waals surface area contributed by atoms with Crippen LogP contribution in [0.2, 0.25) is 0 Å². The minimum absolute atomic E-state index is 0.0458. The van der Waals surface area contributed by atoms with Gasteiger partial charge in [0, 0.05) is 17.1 Å². The number of carbonyl (C=O) groups is 1. The minimum Gasteiger partial charge on any atom is -0.465 e. The molecule has 0 aliphatic carbocycles. The molecule has 33 heavy (non-hydrogen) atoms. The Morgan fingerprint density at radius 2 is 1.45 bits per heavy atom. The second-order valence-corrected chi connectivity index (χ2v) is 10.6. The lowest BCUT2D eigenvalue weighted by atomic mass is 10.1. The second kappa shape index (κ2) is 9.55. The molecule has 2 aromatic carbocycles. The third-order valence-electron chi connectivity index (χ3n) is 4.38. The van der Waals surface area contributed by atoms with Crippen LogP contribution in [0.1, 0.15) is 27.3 Å². The van der Waals surface area contributed by atoms with E-state index < -0.39 is 26.0 Å². The second-order valence-electron chi connectivity index (χ2n) is 7.15. The molecule has 1 heterocycles. The highest BCUT2D eigenvalue weighted by atomic mass is 32.2. The number of hydrogen-bond acceptors (Lipinski definition) is 8. The summed E-state index contributed by atoms with van der Waals surface area (Å²) < 4.78 is 59.5. The summed E-state index contributed by atoms with van der Waals surface area (Å²) in [5.41, 5.74) is 2.20. The fourth-order valence-corrected chi connectivity index (χ4v) is 5.09. The third kappa shape index (κ3) is 6.49. The van der Waals surface area contributed by atoms with Gasteiger partial charge in [0.1, 0.15) is 0 Å². The van der Waals surface area contributed by atoms with Gasteiger partial charge < -0.3 is 4.74 Å². The zero-order valence-electron chi connectivity index (χ0n) is 18.1. The molecular formula is C21H22N4O6S2. The minimum atomic E-state index is -3.96. The van der Waals surface area contributed by atoms with Gasteiger partial charge >= 0.3 is 5.97 Å². The molecule has 0 amide bonds. The normalized spacial score (nSPS) is 11.6. The van der Waals surface area contributed by atoms with E-state index in [1.54, 1.807) is 19.9 Å². The summed E-state index contributed by atoms with van der Waals surface area (Å²) >= 11 is 0. The van der Waals surface area contributed by atoms with Crippen molar-refractivity contribution in [1.82, 2.24) is 9.97 Å². The van der Waals surface area contributed by atoms with Gasteiger partial charge in [0.25, 0.3) is 10.0 Å². The Balaban J connectivity index is 1.69. The first-order valence-electron chi connectivity index (χ1n) is 9.60. The standard InChI is InChI=1S/C21H22N4O6S2/c1-14-12-15(2)23-21(22-14)25-33(29,30)19-10-8-18(9-11-19)24-32(27,28)13-16-4-6-17(7-5-16)20(26)31-3/h4-12,24H,13H2,1-3H3,(H,22,23,25). The number of methoxy groups -OCH3 is 1. The van der Waals surface area contributed by atoms with E-state index in [2.05, 4.69) is 24.1 Å². The zero-order valence-corrected chi connectivity index (χ0v) is 19.7. The average molecular weight is 491 g/mol. The van der Waals surface area contributed by atoms with Gasteiger partial charge in [0.15, 0.2) is 0 Å². The number of nitrogens with one attached hydrogen (secondary N) is 2. The molecule has 0 radical (unpaired) electrons. The SMILES string of the molecule is COC(=O)c1ccc(CS(=O)(=O)Nc2ccc(S(=O)(=O)Nc3nc(C)cc(C)n3)cc2)cc1. The number of esters is 1. The van der Waals surface area contributed by atoms with Crippen LogP contribution in [0.15, 0.2) is 59.5 Å². The molecule has 0 spiro atoms. The van der Waals surface area contributed by atoms with Crippen LogP contribution in [-0.2, 0) is 30.5 Å². The summed E-state index contributed by atoms with van der Waals surface area (Å²) in [6.07, 6.45) is 0. The van der Waals surface area contributed by atoms with Gasteiger partial charge in [0.05, 0.1) is 23.3 Å². The number of carbonyl (C=O) groups excluding carboxylic acids is 1. The fraction of sp³-hybridized carbons (Fsp3) is 0.190. The Kier molecular flexibility index (Phi) is 6.98. The Morgan fingerprint density at radius 1 is 0.879 bits per heavy atom. The first kappa shape index (κ1) is 24.1. The van der Waals surface area contributed by atoms with Crippen molar-refractivity contribution in [3.8, 4) is 0 Å².